The number of hydrogen-bond donors (Lipinski definition) is 1. The third kappa shape index (κ3) is 2.83. The SMILES string of the molecule is CO[C@@H]1O[C@@H]2CO[C@@H](c3ccccc3)O[C@@H]2[C@@H](OC)[C@@H]1O. The zero-order valence-electron chi connectivity index (χ0n) is 12.0. The summed E-state index contributed by atoms with van der Waals surface area (Å²) in [7, 11) is 3.03. The van der Waals surface area contributed by atoms with Crippen molar-refractivity contribution in [2.75, 3.05) is 20.8 Å². The summed E-state index contributed by atoms with van der Waals surface area (Å²) in [5.74, 6) is 0. The maximum atomic E-state index is 10.2. The van der Waals surface area contributed by atoms with Crippen LogP contribution in [0, 0.1) is 0 Å². The van der Waals surface area contributed by atoms with Gasteiger partial charge >= 0.3 is 0 Å². The van der Waals surface area contributed by atoms with Crippen molar-refractivity contribution >= 4 is 0 Å². The lowest BCUT2D eigenvalue weighted by molar-refractivity contribution is -0.360. The molecule has 2 fully saturated rings. The van der Waals surface area contributed by atoms with E-state index in [9.17, 15) is 5.11 Å². The van der Waals surface area contributed by atoms with Crippen LogP contribution in [0.3, 0.4) is 0 Å². The van der Waals surface area contributed by atoms with Gasteiger partial charge in [0.2, 0.25) is 0 Å². The van der Waals surface area contributed by atoms with Gasteiger partial charge in [-0.2, -0.15) is 0 Å². The summed E-state index contributed by atoms with van der Waals surface area (Å²) < 4.78 is 27.9. The summed E-state index contributed by atoms with van der Waals surface area (Å²) in [4.78, 5) is 0. The van der Waals surface area contributed by atoms with E-state index in [1.165, 1.54) is 7.11 Å². The normalized spacial score (nSPS) is 39.8. The molecule has 2 heterocycles. The van der Waals surface area contributed by atoms with Crippen LogP contribution in [-0.2, 0) is 23.7 Å². The zero-order chi connectivity index (χ0) is 14.8. The van der Waals surface area contributed by atoms with E-state index in [2.05, 4.69) is 0 Å². The monoisotopic (exact) mass is 296 g/mol. The standard InChI is InChI=1S/C15H20O6/c1-17-13-11(16)15(18-2)20-10-8-19-14(21-12(10)13)9-6-4-3-5-7-9/h3-7,10-16H,8H2,1-2H3/t10-,11+,12+,13+,14-,15-/m1/s1. The van der Waals surface area contributed by atoms with Gasteiger partial charge in [0.05, 0.1) is 6.61 Å². The second kappa shape index (κ2) is 6.39. The number of ether oxygens (including phenoxy) is 5. The number of rotatable bonds is 3. The number of fused-ring (bicyclic) bond motifs is 1. The number of hydrogen-bond acceptors (Lipinski definition) is 6. The Balaban J connectivity index is 1.77. The molecule has 6 nitrogen and oxygen atoms in total. The minimum atomic E-state index is -0.907. The number of aliphatic hydroxyl groups is 1. The Morgan fingerprint density at radius 1 is 1.10 bits per heavy atom. The quantitative estimate of drug-likeness (QED) is 0.892. The average molecular weight is 296 g/mol. The Hall–Kier alpha value is -1.02. The summed E-state index contributed by atoms with van der Waals surface area (Å²) in [5, 5.41) is 10.2. The summed E-state index contributed by atoms with van der Waals surface area (Å²) in [6.07, 6.45) is -3.39. The first kappa shape index (κ1) is 14.9. The fourth-order valence-corrected chi connectivity index (χ4v) is 2.81. The van der Waals surface area contributed by atoms with Gasteiger partial charge in [-0.25, -0.2) is 0 Å². The van der Waals surface area contributed by atoms with Crippen molar-refractivity contribution in [2.24, 2.45) is 0 Å². The Labute approximate surface area is 123 Å². The first-order valence-corrected chi connectivity index (χ1v) is 6.95. The molecule has 116 valence electrons. The van der Waals surface area contributed by atoms with Gasteiger partial charge in [0, 0.05) is 19.8 Å². The number of aliphatic hydroxyl groups excluding tert-OH is 1. The van der Waals surface area contributed by atoms with Crippen LogP contribution in [0.2, 0.25) is 0 Å². The van der Waals surface area contributed by atoms with Crippen molar-refractivity contribution < 1.29 is 28.8 Å². The highest BCUT2D eigenvalue weighted by Crippen LogP contribution is 2.35. The van der Waals surface area contributed by atoms with Crippen LogP contribution < -0.4 is 0 Å². The molecular formula is C15H20O6. The molecule has 21 heavy (non-hydrogen) atoms. The van der Waals surface area contributed by atoms with Crippen molar-refractivity contribution in [1.82, 2.24) is 0 Å². The molecule has 0 unspecified atom stereocenters. The maximum Gasteiger partial charge on any atom is 0.186 e. The molecule has 1 N–H and O–H groups in total. The molecule has 2 saturated heterocycles. The minimum absolute atomic E-state index is 0.330. The van der Waals surface area contributed by atoms with Crippen LogP contribution in [0.1, 0.15) is 11.9 Å². The smallest absolute Gasteiger partial charge is 0.186 e. The predicted octanol–water partition coefficient (Wildman–Crippen LogP) is 0.848. The molecule has 6 heteroatoms. The fraction of sp³-hybridized carbons (Fsp3) is 0.600. The van der Waals surface area contributed by atoms with E-state index in [1.54, 1.807) is 7.11 Å². The maximum absolute atomic E-state index is 10.2. The number of methoxy groups -OCH3 is 2. The van der Waals surface area contributed by atoms with Crippen molar-refractivity contribution in [3.8, 4) is 0 Å². The van der Waals surface area contributed by atoms with Crippen molar-refractivity contribution in [3.05, 3.63) is 35.9 Å². The second-order valence-corrected chi connectivity index (χ2v) is 5.15. The lowest BCUT2D eigenvalue weighted by atomic mass is 9.97. The molecule has 0 bridgehead atoms. The summed E-state index contributed by atoms with van der Waals surface area (Å²) in [6, 6.07) is 9.66. The Bertz CT molecular complexity index is 453. The van der Waals surface area contributed by atoms with Crippen LogP contribution in [-0.4, -0.2) is 56.6 Å². The fourth-order valence-electron chi connectivity index (χ4n) is 2.81. The summed E-state index contributed by atoms with van der Waals surface area (Å²) >= 11 is 0. The van der Waals surface area contributed by atoms with Crippen molar-refractivity contribution in [1.29, 1.82) is 0 Å². The van der Waals surface area contributed by atoms with Gasteiger partial charge in [-0.1, -0.05) is 30.3 Å². The van der Waals surface area contributed by atoms with Gasteiger partial charge in [-0.15, -0.1) is 0 Å². The molecule has 3 rings (SSSR count). The third-order valence-electron chi connectivity index (χ3n) is 3.88. The van der Waals surface area contributed by atoms with E-state index in [4.69, 9.17) is 23.7 Å². The first-order chi connectivity index (χ1) is 10.2. The van der Waals surface area contributed by atoms with E-state index in [0.29, 0.717) is 6.61 Å². The van der Waals surface area contributed by atoms with E-state index in [0.717, 1.165) is 5.56 Å². The molecule has 0 aliphatic carbocycles. The predicted molar refractivity (Wildman–Crippen MR) is 72.5 cm³/mol. The Morgan fingerprint density at radius 3 is 2.52 bits per heavy atom. The molecule has 0 saturated carbocycles. The van der Waals surface area contributed by atoms with Gasteiger partial charge in [-0.3, -0.25) is 0 Å². The van der Waals surface area contributed by atoms with Crippen LogP contribution in [0.4, 0.5) is 0 Å². The molecule has 0 spiro atoms. The average Bonchev–Trinajstić information content (AvgIpc) is 2.54. The molecule has 1 aromatic carbocycles. The van der Waals surface area contributed by atoms with E-state index >= 15 is 0 Å². The second-order valence-electron chi connectivity index (χ2n) is 5.15. The third-order valence-corrected chi connectivity index (χ3v) is 3.88. The molecular weight excluding hydrogens is 276 g/mol. The van der Waals surface area contributed by atoms with E-state index in [1.807, 2.05) is 30.3 Å². The van der Waals surface area contributed by atoms with Gasteiger partial charge in [0.25, 0.3) is 0 Å². The van der Waals surface area contributed by atoms with Crippen molar-refractivity contribution in [3.63, 3.8) is 0 Å². The lowest BCUT2D eigenvalue weighted by Gasteiger charge is -2.47. The minimum Gasteiger partial charge on any atom is -0.385 e. The highest BCUT2D eigenvalue weighted by molar-refractivity contribution is 5.16. The van der Waals surface area contributed by atoms with Crippen LogP contribution in [0.5, 0.6) is 0 Å². The number of benzene rings is 1. The molecule has 0 aromatic heterocycles. The van der Waals surface area contributed by atoms with Crippen LogP contribution >= 0.6 is 0 Å². The largest absolute Gasteiger partial charge is 0.385 e. The molecule has 6 atom stereocenters. The van der Waals surface area contributed by atoms with Crippen molar-refractivity contribution in [2.45, 2.75) is 37.0 Å². The molecule has 2 aliphatic heterocycles. The topological polar surface area (TPSA) is 66.4 Å². The summed E-state index contributed by atoms with van der Waals surface area (Å²) in [5.41, 5.74) is 0.925. The Morgan fingerprint density at radius 2 is 1.86 bits per heavy atom. The zero-order valence-corrected chi connectivity index (χ0v) is 12.0. The summed E-state index contributed by atoms with van der Waals surface area (Å²) in [6.45, 7) is 0.358. The highest BCUT2D eigenvalue weighted by Gasteiger charge is 2.49. The Kier molecular flexibility index (Phi) is 4.54. The first-order valence-electron chi connectivity index (χ1n) is 6.95. The molecule has 1 aromatic rings. The van der Waals surface area contributed by atoms with Gasteiger partial charge in [0.15, 0.2) is 12.6 Å². The highest BCUT2D eigenvalue weighted by atomic mass is 16.8. The van der Waals surface area contributed by atoms with E-state index < -0.39 is 30.9 Å². The molecule has 2 aliphatic rings. The van der Waals surface area contributed by atoms with Gasteiger partial charge < -0.3 is 28.8 Å². The molecule has 0 amide bonds. The van der Waals surface area contributed by atoms with E-state index in [-0.39, 0.29) is 6.10 Å². The molecule has 0 radical (unpaired) electrons. The van der Waals surface area contributed by atoms with Gasteiger partial charge in [-0.05, 0) is 0 Å². The van der Waals surface area contributed by atoms with Crippen LogP contribution in [0.25, 0.3) is 0 Å². The lowest BCUT2D eigenvalue weighted by Crippen LogP contribution is -2.62. The van der Waals surface area contributed by atoms with Gasteiger partial charge in [0.1, 0.15) is 24.4 Å². The van der Waals surface area contributed by atoms with Crippen LogP contribution in [0.15, 0.2) is 30.3 Å².